The maximum Gasteiger partial charge on any atom is 0.333 e. The minimum absolute atomic E-state index is 0.0671. The van der Waals surface area contributed by atoms with Crippen LogP contribution in [0.2, 0.25) is 0 Å². The van der Waals surface area contributed by atoms with E-state index in [1.165, 1.54) is 16.7 Å². The molecule has 178 valence electrons. The molecule has 1 saturated heterocycles. The molecule has 0 saturated carbocycles. The van der Waals surface area contributed by atoms with Gasteiger partial charge in [-0.25, -0.2) is 9.18 Å². The second-order valence-electron chi connectivity index (χ2n) is 8.62. The van der Waals surface area contributed by atoms with Gasteiger partial charge >= 0.3 is 5.69 Å². The molecular formula is C24H22FN7O2S. The van der Waals surface area contributed by atoms with E-state index in [0.717, 1.165) is 29.1 Å². The molecule has 2 aromatic heterocycles. The predicted molar refractivity (Wildman–Crippen MR) is 131 cm³/mol. The third kappa shape index (κ3) is 4.45. The number of hydrogen-bond acceptors (Lipinski definition) is 8. The molecule has 2 aromatic carbocycles. The van der Waals surface area contributed by atoms with E-state index in [2.05, 4.69) is 14.8 Å². The first kappa shape index (κ1) is 22.9. The fourth-order valence-electron chi connectivity index (χ4n) is 4.49. The van der Waals surface area contributed by atoms with Crippen molar-refractivity contribution in [2.45, 2.75) is 32.0 Å². The molecule has 35 heavy (non-hydrogen) atoms. The second kappa shape index (κ2) is 9.40. The van der Waals surface area contributed by atoms with E-state index in [-0.39, 0.29) is 24.6 Å². The maximum atomic E-state index is 14.5. The largest absolute Gasteiger partial charge is 0.356 e. The van der Waals surface area contributed by atoms with Crippen LogP contribution >= 0.6 is 11.7 Å². The highest BCUT2D eigenvalue weighted by molar-refractivity contribution is 7.00. The zero-order valence-electron chi connectivity index (χ0n) is 18.7. The average molecular weight is 492 g/mol. The van der Waals surface area contributed by atoms with Crippen LogP contribution in [0.3, 0.4) is 0 Å². The van der Waals surface area contributed by atoms with Crippen molar-refractivity contribution < 1.29 is 4.39 Å². The Bertz CT molecular complexity index is 1570. The van der Waals surface area contributed by atoms with Gasteiger partial charge in [0.1, 0.15) is 16.9 Å². The zero-order valence-corrected chi connectivity index (χ0v) is 19.5. The normalized spacial score (nSPS) is 15.9. The number of aromatic nitrogens is 4. The van der Waals surface area contributed by atoms with Gasteiger partial charge in [0.15, 0.2) is 5.82 Å². The lowest BCUT2D eigenvalue weighted by atomic mass is 10.1. The van der Waals surface area contributed by atoms with Crippen molar-refractivity contribution in [1.82, 2.24) is 17.9 Å². The fourth-order valence-corrected chi connectivity index (χ4v) is 5.02. The summed E-state index contributed by atoms with van der Waals surface area (Å²) >= 11 is 0.897. The highest BCUT2D eigenvalue weighted by Gasteiger charge is 2.23. The van der Waals surface area contributed by atoms with Crippen LogP contribution in [0.4, 0.5) is 10.2 Å². The summed E-state index contributed by atoms with van der Waals surface area (Å²) in [6.45, 7) is 1.16. The zero-order chi connectivity index (χ0) is 24.5. The molecule has 3 heterocycles. The van der Waals surface area contributed by atoms with Gasteiger partial charge < -0.3 is 10.6 Å². The number of fused-ring (bicyclic) bond motifs is 1. The molecule has 0 amide bonds. The molecule has 0 spiro atoms. The lowest BCUT2D eigenvalue weighted by Crippen LogP contribution is -2.48. The summed E-state index contributed by atoms with van der Waals surface area (Å²) < 4.78 is 25.0. The summed E-state index contributed by atoms with van der Waals surface area (Å²) in [5.74, 6) is -0.0917. The first-order valence-electron chi connectivity index (χ1n) is 11.2. The number of hydrogen-bond donors (Lipinski definition) is 1. The van der Waals surface area contributed by atoms with Crippen molar-refractivity contribution in [2.24, 2.45) is 5.73 Å². The Balaban J connectivity index is 1.63. The van der Waals surface area contributed by atoms with Gasteiger partial charge in [0.25, 0.3) is 5.56 Å². The van der Waals surface area contributed by atoms with Crippen LogP contribution in [0.25, 0.3) is 11.0 Å². The molecule has 0 aliphatic carbocycles. The Morgan fingerprint density at radius 1 is 1.14 bits per heavy atom. The van der Waals surface area contributed by atoms with Gasteiger partial charge in [-0.3, -0.25) is 13.9 Å². The van der Waals surface area contributed by atoms with E-state index >= 15 is 0 Å². The number of nitrogens with zero attached hydrogens (tertiary/aromatic N) is 6. The average Bonchev–Trinajstić information content (AvgIpc) is 3.33. The summed E-state index contributed by atoms with van der Waals surface area (Å²) in [6.07, 6.45) is 1.71. The first-order valence-corrected chi connectivity index (χ1v) is 11.9. The van der Waals surface area contributed by atoms with Gasteiger partial charge in [-0.15, -0.1) is 0 Å². The number of benzene rings is 2. The molecule has 0 bridgehead atoms. The number of piperidine rings is 1. The number of nitrogens with two attached hydrogens (primary N) is 1. The molecule has 0 unspecified atom stereocenters. The highest BCUT2D eigenvalue weighted by Crippen LogP contribution is 2.21. The quantitative estimate of drug-likeness (QED) is 0.453. The standard InChI is InChI=1S/C24H22FN7O2S/c25-19-8-15(9-20-23(19)29-35-28-20)12-32-22(33)10-21(30-7-3-6-18(27)14-30)31(24(32)34)13-17-5-2-1-4-16(17)11-26/h1-2,4-5,8-10,18H,3,6-7,12-14,27H2/t18-/m1/s1. The van der Waals surface area contributed by atoms with Crippen LogP contribution in [-0.4, -0.2) is 37.0 Å². The van der Waals surface area contributed by atoms with Gasteiger partial charge in [0, 0.05) is 25.2 Å². The second-order valence-corrected chi connectivity index (χ2v) is 9.15. The minimum atomic E-state index is -0.554. The Labute approximate surface area is 203 Å². The van der Waals surface area contributed by atoms with Crippen molar-refractivity contribution in [3.8, 4) is 6.07 Å². The maximum absolute atomic E-state index is 14.5. The van der Waals surface area contributed by atoms with Crippen LogP contribution in [-0.2, 0) is 13.1 Å². The van der Waals surface area contributed by atoms with Crippen LogP contribution in [0, 0.1) is 17.1 Å². The predicted octanol–water partition coefficient (Wildman–Crippen LogP) is 2.05. The fraction of sp³-hybridized carbons (Fsp3) is 0.292. The van der Waals surface area contributed by atoms with Crippen LogP contribution in [0.15, 0.2) is 52.1 Å². The van der Waals surface area contributed by atoms with Crippen LogP contribution < -0.4 is 21.9 Å². The van der Waals surface area contributed by atoms with Crippen LogP contribution in [0.1, 0.15) is 29.5 Å². The summed E-state index contributed by atoms with van der Waals surface area (Å²) in [5, 5.41) is 9.54. The molecule has 1 aliphatic rings. The van der Waals surface area contributed by atoms with E-state index in [0.29, 0.717) is 41.1 Å². The van der Waals surface area contributed by atoms with E-state index in [1.807, 2.05) is 4.90 Å². The summed E-state index contributed by atoms with van der Waals surface area (Å²) in [5.41, 5.74) is 7.20. The number of rotatable bonds is 5. The Hall–Kier alpha value is -3.88. The molecule has 1 aliphatic heterocycles. The third-order valence-corrected chi connectivity index (χ3v) is 6.76. The van der Waals surface area contributed by atoms with Gasteiger partial charge in [-0.1, -0.05) is 18.2 Å². The monoisotopic (exact) mass is 491 g/mol. The number of nitriles is 1. The van der Waals surface area contributed by atoms with E-state index < -0.39 is 17.1 Å². The van der Waals surface area contributed by atoms with Crippen LogP contribution in [0.5, 0.6) is 0 Å². The molecule has 2 N–H and O–H groups in total. The number of anilines is 1. The molecule has 9 nitrogen and oxygen atoms in total. The molecule has 1 atom stereocenters. The summed E-state index contributed by atoms with van der Waals surface area (Å²) in [7, 11) is 0. The van der Waals surface area contributed by atoms with Crippen molar-refractivity contribution in [1.29, 1.82) is 5.26 Å². The third-order valence-electron chi connectivity index (χ3n) is 6.22. The molecular weight excluding hydrogens is 469 g/mol. The van der Waals surface area contributed by atoms with Gasteiger partial charge in [-0.05, 0) is 42.2 Å². The lowest BCUT2D eigenvalue weighted by Gasteiger charge is -2.34. The van der Waals surface area contributed by atoms with Gasteiger partial charge in [0.2, 0.25) is 0 Å². The molecule has 11 heteroatoms. The SMILES string of the molecule is N#Cc1ccccc1Cn1c(N2CCC[C@@H](N)C2)cc(=O)n(Cc2cc(F)c3nsnc3c2)c1=O. The Morgan fingerprint density at radius 3 is 2.77 bits per heavy atom. The minimum Gasteiger partial charge on any atom is -0.356 e. The topological polar surface area (TPSA) is 123 Å². The van der Waals surface area contributed by atoms with Gasteiger partial charge in [-0.2, -0.15) is 14.0 Å². The Kier molecular flexibility index (Phi) is 6.15. The Morgan fingerprint density at radius 2 is 1.97 bits per heavy atom. The van der Waals surface area contributed by atoms with E-state index in [1.54, 1.807) is 30.3 Å². The van der Waals surface area contributed by atoms with Crippen molar-refractivity contribution >= 4 is 28.6 Å². The molecule has 5 rings (SSSR count). The van der Waals surface area contributed by atoms with Gasteiger partial charge in [0.05, 0.1) is 36.5 Å². The summed E-state index contributed by atoms with van der Waals surface area (Å²) in [6, 6.07) is 13.4. The highest BCUT2D eigenvalue weighted by atomic mass is 32.1. The van der Waals surface area contributed by atoms with E-state index in [9.17, 15) is 19.2 Å². The van der Waals surface area contributed by atoms with Crippen molar-refractivity contribution in [3.63, 3.8) is 0 Å². The molecule has 0 radical (unpaired) electrons. The number of halogens is 1. The lowest BCUT2D eigenvalue weighted by molar-refractivity contribution is 0.490. The first-order chi connectivity index (χ1) is 16.9. The van der Waals surface area contributed by atoms with Crippen molar-refractivity contribution in [3.05, 3.63) is 85.8 Å². The smallest absolute Gasteiger partial charge is 0.333 e. The molecule has 1 fully saturated rings. The van der Waals surface area contributed by atoms with E-state index in [4.69, 9.17) is 5.73 Å². The summed E-state index contributed by atoms with van der Waals surface area (Å²) in [4.78, 5) is 28.8. The van der Waals surface area contributed by atoms with Crippen molar-refractivity contribution in [2.75, 3.05) is 18.0 Å². The molecule has 4 aromatic rings.